The molecule has 136 valence electrons. The fourth-order valence-corrected chi connectivity index (χ4v) is 1.36. The number of hydrogen-bond donors (Lipinski definition) is 3. The fraction of sp³-hybridized carbons (Fsp3) is 0.765. The van der Waals surface area contributed by atoms with E-state index in [0.717, 1.165) is 18.5 Å². The third-order valence-electron chi connectivity index (χ3n) is 2.99. The first-order valence-corrected chi connectivity index (χ1v) is 7.98. The van der Waals surface area contributed by atoms with E-state index in [1.807, 2.05) is 27.7 Å². The molecule has 1 amide bonds. The Hall–Kier alpha value is -1.40. The second kappa shape index (κ2) is 13.1. The number of allylic oxidation sites excluding steroid dienone is 1. The second-order valence-electron chi connectivity index (χ2n) is 6.33. The number of nitrogens with one attached hydrogen (secondary N) is 1. The SMILES string of the molecule is C=C1CCC(=O)N1.CC(C)CC(=O)O.CCC(C)(C)OCCO. The van der Waals surface area contributed by atoms with Gasteiger partial charge in [0.2, 0.25) is 5.91 Å². The van der Waals surface area contributed by atoms with Crippen molar-refractivity contribution < 1.29 is 24.5 Å². The average molecular weight is 331 g/mol. The first-order chi connectivity index (χ1) is 10.5. The van der Waals surface area contributed by atoms with Crippen molar-refractivity contribution in [3.8, 4) is 0 Å². The lowest BCUT2D eigenvalue weighted by Gasteiger charge is -2.22. The Balaban J connectivity index is 0. The zero-order chi connectivity index (χ0) is 18.5. The molecule has 1 aliphatic heterocycles. The van der Waals surface area contributed by atoms with Crippen LogP contribution in [0.2, 0.25) is 0 Å². The number of ether oxygens (including phenoxy) is 1. The van der Waals surface area contributed by atoms with Crippen molar-refractivity contribution in [2.24, 2.45) is 5.92 Å². The number of carboxylic acids is 1. The predicted octanol–water partition coefficient (Wildman–Crippen LogP) is 2.71. The molecule has 3 N–H and O–H groups in total. The quantitative estimate of drug-likeness (QED) is 0.695. The maximum atomic E-state index is 10.3. The normalized spacial score (nSPS) is 13.7. The van der Waals surface area contributed by atoms with E-state index in [9.17, 15) is 9.59 Å². The Bertz CT molecular complexity index is 350. The molecule has 0 aromatic heterocycles. The summed E-state index contributed by atoms with van der Waals surface area (Å²) in [6.45, 7) is 14.0. The van der Waals surface area contributed by atoms with Gasteiger partial charge in [0.1, 0.15) is 0 Å². The molecule has 0 aromatic carbocycles. The molecule has 1 heterocycles. The summed E-state index contributed by atoms with van der Waals surface area (Å²) in [7, 11) is 0. The van der Waals surface area contributed by atoms with Gasteiger partial charge in [0.15, 0.2) is 0 Å². The summed E-state index contributed by atoms with van der Waals surface area (Å²) >= 11 is 0. The molecular formula is C17H33NO5. The van der Waals surface area contributed by atoms with Crippen molar-refractivity contribution in [3.05, 3.63) is 12.3 Å². The number of carbonyl (C=O) groups excluding carboxylic acids is 1. The monoisotopic (exact) mass is 331 g/mol. The van der Waals surface area contributed by atoms with Crippen LogP contribution >= 0.6 is 0 Å². The van der Waals surface area contributed by atoms with Gasteiger partial charge in [-0.2, -0.15) is 0 Å². The Morgan fingerprint density at radius 2 is 1.96 bits per heavy atom. The van der Waals surface area contributed by atoms with E-state index in [2.05, 4.69) is 18.8 Å². The van der Waals surface area contributed by atoms with Gasteiger partial charge in [-0.1, -0.05) is 27.4 Å². The highest BCUT2D eigenvalue weighted by Gasteiger charge is 2.13. The van der Waals surface area contributed by atoms with E-state index >= 15 is 0 Å². The largest absolute Gasteiger partial charge is 0.481 e. The smallest absolute Gasteiger partial charge is 0.303 e. The van der Waals surface area contributed by atoms with Crippen molar-refractivity contribution in [1.29, 1.82) is 0 Å². The van der Waals surface area contributed by atoms with Crippen molar-refractivity contribution >= 4 is 11.9 Å². The van der Waals surface area contributed by atoms with E-state index in [4.69, 9.17) is 14.9 Å². The van der Waals surface area contributed by atoms with E-state index in [0.29, 0.717) is 13.0 Å². The molecule has 1 saturated heterocycles. The van der Waals surface area contributed by atoms with Crippen LogP contribution in [0.25, 0.3) is 0 Å². The number of carbonyl (C=O) groups is 2. The molecular weight excluding hydrogens is 298 g/mol. The number of aliphatic carboxylic acids is 1. The number of rotatable bonds is 6. The van der Waals surface area contributed by atoms with Crippen LogP contribution in [0.5, 0.6) is 0 Å². The van der Waals surface area contributed by atoms with Gasteiger partial charge in [-0.25, -0.2) is 0 Å². The number of aliphatic hydroxyl groups excluding tert-OH is 1. The lowest BCUT2D eigenvalue weighted by atomic mass is 10.1. The molecule has 1 aliphatic rings. The topological polar surface area (TPSA) is 95.9 Å². The maximum absolute atomic E-state index is 10.3. The van der Waals surface area contributed by atoms with Gasteiger partial charge in [0, 0.05) is 18.5 Å². The van der Waals surface area contributed by atoms with Crippen LogP contribution in [0.15, 0.2) is 12.3 Å². The Morgan fingerprint density at radius 3 is 2.13 bits per heavy atom. The molecule has 0 unspecified atom stereocenters. The number of hydrogen-bond acceptors (Lipinski definition) is 4. The van der Waals surface area contributed by atoms with Gasteiger partial charge in [0.05, 0.1) is 18.8 Å². The Labute approximate surface area is 139 Å². The molecule has 6 nitrogen and oxygen atoms in total. The molecule has 0 radical (unpaired) electrons. The standard InChI is InChI=1S/C7H16O2.C5H7NO.C5H10O2/c1-4-7(2,3)9-6-5-8;1-4-2-3-5(7)6-4;1-4(2)3-5(6)7/h8H,4-6H2,1-3H3;1-3H2,(H,6,7);4H,3H2,1-2H3,(H,6,7). The Morgan fingerprint density at radius 1 is 1.39 bits per heavy atom. The highest BCUT2D eigenvalue weighted by molar-refractivity contribution is 5.80. The fourth-order valence-electron chi connectivity index (χ4n) is 1.36. The van der Waals surface area contributed by atoms with Crippen LogP contribution in [0.1, 0.15) is 60.3 Å². The van der Waals surface area contributed by atoms with Crippen molar-refractivity contribution in [1.82, 2.24) is 5.32 Å². The lowest BCUT2D eigenvalue weighted by Crippen LogP contribution is -2.24. The van der Waals surface area contributed by atoms with E-state index in [-0.39, 0.29) is 30.5 Å². The summed E-state index contributed by atoms with van der Waals surface area (Å²) in [5.74, 6) is -0.336. The number of amides is 1. The van der Waals surface area contributed by atoms with Crippen molar-refractivity contribution in [2.45, 2.75) is 65.9 Å². The molecule has 0 aromatic rings. The summed E-state index contributed by atoms with van der Waals surface area (Å²) in [5.41, 5.74) is 0.785. The third-order valence-corrected chi connectivity index (χ3v) is 2.99. The highest BCUT2D eigenvalue weighted by atomic mass is 16.5. The first-order valence-electron chi connectivity index (χ1n) is 7.98. The summed E-state index contributed by atoms with van der Waals surface area (Å²) < 4.78 is 5.28. The summed E-state index contributed by atoms with van der Waals surface area (Å²) in [6.07, 6.45) is 2.70. The third kappa shape index (κ3) is 18.6. The van der Waals surface area contributed by atoms with Crippen LogP contribution in [0, 0.1) is 5.92 Å². The van der Waals surface area contributed by atoms with Crippen LogP contribution in [0.4, 0.5) is 0 Å². The molecule has 0 atom stereocenters. The summed E-state index contributed by atoms with van der Waals surface area (Å²) in [6, 6.07) is 0. The summed E-state index contributed by atoms with van der Waals surface area (Å²) in [4.78, 5) is 20.1. The van der Waals surface area contributed by atoms with Gasteiger partial charge in [-0.05, 0) is 32.6 Å². The van der Waals surface area contributed by atoms with Crippen molar-refractivity contribution in [2.75, 3.05) is 13.2 Å². The molecule has 0 aliphatic carbocycles. The predicted molar refractivity (Wildman–Crippen MR) is 91.0 cm³/mol. The number of aliphatic hydroxyl groups is 1. The Kier molecular flexibility index (Phi) is 13.6. The minimum atomic E-state index is -0.713. The molecule has 1 fully saturated rings. The average Bonchev–Trinajstić information content (AvgIpc) is 2.80. The van der Waals surface area contributed by atoms with Gasteiger partial charge in [-0.15, -0.1) is 0 Å². The lowest BCUT2D eigenvalue weighted by molar-refractivity contribution is -0.137. The second-order valence-corrected chi connectivity index (χ2v) is 6.33. The van der Waals surface area contributed by atoms with Gasteiger partial charge in [0.25, 0.3) is 0 Å². The molecule has 6 heteroatoms. The highest BCUT2D eigenvalue weighted by Crippen LogP contribution is 2.12. The minimum absolute atomic E-state index is 0.0667. The molecule has 0 bridgehead atoms. The van der Waals surface area contributed by atoms with Gasteiger partial charge >= 0.3 is 5.97 Å². The first kappa shape index (κ1) is 23.9. The zero-order valence-electron chi connectivity index (χ0n) is 15.1. The molecule has 1 rings (SSSR count). The molecule has 23 heavy (non-hydrogen) atoms. The van der Waals surface area contributed by atoms with Crippen LogP contribution in [-0.2, 0) is 14.3 Å². The molecule has 0 spiro atoms. The van der Waals surface area contributed by atoms with Gasteiger partial charge < -0.3 is 20.3 Å². The number of carboxylic acid groups (broad SMARTS) is 1. The van der Waals surface area contributed by atoms with Crippen molar-refractivity contribution in [3.63, 3.8) is 0 Å². The molecule has 0 saturated carbocycles. The summed E-state index contributed by atoms with van der Waals surface area (Å²) in [5, 5.41) is 19.1. The van der Waals surface area contributed by atoms with Crippen LogP contribution < -0.4 is 5.32 Å². The zero-order valence-corrected chi connectivity index (χ0v) is 15.1. The maximum Gasteiger partial charge on any atom is 0.303 e. The van der Waals surface area contributed by atoms with E-state index < -0.39 is 5.97 Å². The van der Waals surface area contributed by atoms with E-state index in [1.54, 1.807) is 0 Å². The van der Waals surface area contributed by atoms with Crippen LogP contribution in [0.3, 0.4) is 0 Å². The van der Waals surface area contributed by atoms with Gasteiger partial charge in [-0.3, -0.25) is 9.59 Å². The van der Waals surface area contributed by atoms with Crippen LogP contribution in [-0.4, -0.2) is 40.9 Å². The van der Waals surface area contributed by atoms with E-state index in [1.165, 1.54) is 0 Å². The minimum Gasteiger partial charge on any atom is -0.481 e.